The fourth-order valence-corrected chi connectivity index (χ4v) is 0.708. The van der Waals surface area contributed by atoms with Crippen LogP contribution < -0.4 is 5.73 Å². The Morgan fingerprint density at radius 3 is 2.92 bits per heavy atom. The molecule has 2 N–H and O–H groups in total. The summed E-state index contributed by atoms with van der Waals surface area (Å²) in [7, 11) is 1.21. The summed E-state index contributed by atoms with van der Waals surface area (Å²) in [4.78, 5) is 21.8. The normalized spacial score (nSPS) is 9.69. The van der Waals surface area contributed by atoms with Crippen LogP contribution in [-0.2, 0) is 4.74 Å². The highest BCUT2D eigenvalue weighted by atomic mass is 16.5. The molecule has 0 spiro atoms. The van der Waals surface area contributed by atoms with E-state index in [1.807, 2.05) is 0 Å². The first kappa shape index (κ1) is 9.40. The number of hydrogen-bond donors (Lipinski definition) is 1. The summed E-state index contributed by atoms with van der Waals surface area (Å²) in [6, 6.07) is 1.20. The second-order valence-electron chi connectivity index (χ2n) is 2.20. The van der Waals surface area contributed by atoms with Crippen LogP contribution in [0.4, 0.5) is 0 Å². The van der Waals surface area contributed by atoms with Gasteiger partial charge in [0.15, 0.2) is 5.69 Å². The minimum atomic E-state index is -0.653. The molecule has 1 aromatic rings. The Kier molecular flexibility index (Phi) is 2.76. The largest absolute Gasteiger partial charge is 0.464 e. The summed E-state index contributed by atoms with van der Waals surface area (Å²) in [6.45, 7) is -0.185. The fourth-order valence-electron chi connectivity index (χ4n) is 0.708. The molecule has 6 heteroatoms. The molecule has 0 aliphatic carbocycles. The lowest BCUT2D eigenvalue weighted by Gasteiger charge is -1.88. The zero-order chi connectivity index (χ0) is 9.84. The van der Waals surface area contributed by atoms with E-state index in [2.05, 4.69) is 14.4 Å². The lowest BCUT2D eigenvalue weighted by atomic mass is 10.3. The maximum absolute atomic E-state index is 10.9. The molecule has 1 rings (SSSR count). The van der Waals surface area contributed by atoms with Crippen molar-refractivity contribution in [1.82, 2.24) is 5.16 Å². The van der Waals surface area contributed by atoms with Crippen molar-refractivity contribution in [1.29, 1.82) is 0 Å². The van der Waals surface area contributed by atoms with Gasteiger partial charge in [-0.05, 0) is 0 Å². The molecule has 0 saturated carbocycles. The third-order valence-electron chi connectivity index (χ3n) is 1.36. The van der Waals surface area contributed by atoms with Crippen LogP contribution in [0.2, 0.25) is 0 Å². The number of carbonyl (C=O) groups is 2. The summed E-state index contributed by atoms with van der Waals surface area (Å²) in [5.74, 6) is -1.11. The number of nitrogens with two attached hydrogens (primary N) is 1. The highest BCUT2D eigenvalue weighted by molar-refractivity contribution is 5.97. The Bertz CT molecular complexity index is 300. The molecular weight excluding hydrogens is 176 g/mol. The van der Waals surface area contributed by atoms with E-state index in [1.54, 1.807) is 0 Å². The first-order valence-electron chi connectivity index (χ1n) is 3.47. The number of aromatic nitrogens is 1. The molecule has 0 aliphatic heterocycles. The Morgan fingerprint density at radius 2 is 2.38 bits per heavy atom. The van der Waals surface area contributed by atoms with Crippen LogP contribution >= 0.6 is 0 Å². The van der Waals surface area contributed by atoms with Crippen molar-refractivity contribution in [3.8, 4) is 0 Å². The number of Topliss-reactive ketones (excluding diaryl/α,β-unsaturated/α-hetero) is 1. The van der Waals surface area contributed by atoms with E-state index in [0.29, 0.717) is 0 Å². The van der Waals surface area contributed by atoms with E-state index in [0.717, 1.165) is 0 Å². The summed E-state index contributed by atoms with van der Waals surface area (Å²) >= 11 is 0. The standard InChI is InChI=1S/C7H8N2O4/c1-12-7(11)4-2-6(13-9-4)5(10)3-8/h2H,3,8H2,1H3. The molecule has 0 bridgehead atoms. The number of esters is 1. The molecule has 70 valence electrons. The Morgan fingerprint density at radius 1 is 1.69 bits per heavy atom. The molecule has 1 heterocycles. The second-order valence-corrected chi connectivity index (χ2v) is 2.20. The van der Waals surface area contributed by atoms with Crippen molar-refractivity contribution in [2.24, 2.45) is 5.73 Å². The van der Waals surface area contributed by atoms with Crippen LogP contribution in [0.25, 0.3) is 0 Å². The minimum absolute atomic E-state index is 0.0390. The summed E-state index contributed by atoms with van der Waals surface area (Å²) in [5.41, 5.74) is 5.03. The summed E-state index contributed by atoms with van der Waals surface area (Å²) in [5, 5.41) is 3.33. The molecular formula is C7H8N2O4. The number of rotatable bonds is 3. The highest BCUT2D eigenvalue weighted by Crippen LogP contribution is 2.04. The van der Waals surface area contributed by atoms with Gasteiger partial charge >= 0.3 is 5.97 Å². The topological polar surface area (TPSA) is 95.4 Å². The van der Waals surface area contributed by atoms with Gasteiger partial charge in [-0.25, -0.2) is 4.79 Å². The van der Waals surface area contributed by atoms with Crippen LogP contribution in [0.3, 0.4) is 0 Å². The average Bonchev–Trinajstić information content (AvgIpc) is 2.64. The second kappa shape index (κ2) is 3.81. The van der Waals surface area contributed by atoms with Gasteiger partial charge < -0.3 is 15.0 Å². The lowest BCUT2D eigenvalue weighted by Crippen LogP contribution is -2.12. The monoisotopic (exact) mass is 184 g/mol. The van der Waals surface area contributed by atoms with Gasteiger partial charge in [0.1, 0.15) is 0 Å². The molecule has 6 nitrogen and oxygen atoms in total. The molecule has 0 radical (unpaired) electrons. The zero-order valence-electron chi connectivity index (χ0n) is 6.94. The van der Waals surface area contributed by atoms with E-state index in [-0.39, 0.29) is 18.0 Å². The maximum atomic E-state index is 10.9. The van der Waals surface area contributed by atoms with Gasteiger partial charge in [-0.3, -0.25) is 4.79 Å². The SMILES string of the molecule is COC(=O)c1cc(C(=O)CN)on1. The van der Waals surface area contributed by atoms with Crippen molar-refractivity contribution in [2.75, 3.05) is 13.7 Å². The van der Waals surface area contributed by atoms with E-state index in [9.17, 15) is 9.59 Å². The predicted molar refractivity (Wildman–Crippen MR) is 41.2 cm³/mol. The van der Waals surface area contributed by atoms with Crippen LogP contribution in [0.1, 0.15) is 21.0 Å². The Balaban J connectivity index is 2.86. The summed E-state index contributed by atoms with van der Waals surface area (Å²) in [6.07, 6.45) is 0. The number of ether oxygens (including phenoxy) is 1. The van der Waals surface area contributed by atoms with E-state index in [4.69, 9.17) is 5.73 Å². The van der Waals surface area contributed by atoms with Crippen molar-refractivity contribution >= 4 is 11.8 Å². The van der Waals surface area contributed by atoms with Crippen LogP contribution in [0.5, 0.6) is 0 Å². The van der Waals surface area contributed by atoms with Crippen LogP contribution in [0, 0.1) is 0 Å². The van der Waals surface area contributed by atoms with E-state index in [1.165, 1.54) is 13.2 Å². The molecule has 0 atom stereocenters. The third kappa shape index (κ3) is 1.91. The molecule has 0 aliphatic rings. The van der Waals surface area contributed by atoms with Gasteiger partial charge in [-0.1, -0.05) is 5.16 Å². The first-order chi connectivity index (χ1) is 6.19. The average molecular weight is 184 g/mol. The van der Waals surface area contributed by atoms with Crippen molar-refractivity contribution < 1.29 is 18.8 Å². The Hall–Kier alpha value is -1.69. The van der Waals surface area contributed by atoms with Gasteiger partial charge in [0.25, 0.3) is 0 Å². The summed E-state index contributed by atoms with van der Waals surface area (Å²) < 4.78 is 8.92. The van der Waals surface area contributed by atoms with Crippen molar-refractivity contribution in [2.45, 2.75) is 0 Å². The van der Waals surface area contributed by atoms with E-state index >= 15 is 0 Å². The Labute approximate surface area is 73.6 Å². The van der Waals surface area contributed by atoms with Gasteiger partial charge in [0.05, 0.1) is 13.7 Å². The first-order valence-corrected chi connectivity index (χ1v) is 3.47. The van der Waals surface area contributed by atoms with Crippen LogP contribution in [0.15, 0.2) is 10.6 Å². The smallest absolute Gasteiger partial charge is 0.360 e. The van der Waals surface area contributed by atoms with Crippen LogP contribution in [-0.4, -0.2) is 30.6 Å². The zero-order valence-corrected chi connectivity index (χ0v) is 6.94. The molecule has 0 saturated heterocycles. The fraction of sp³-hybridized carbons (Fsp3) is 0.286. The highest BCUT2D eigenvalue weighted by Gasteiger charge is 2.16. The predicted octanol–water partition coefficient (Wildman–Crippen LogP) is -0.397. The molecule has 0 amide bonds. The van der Waals surface area contributed by atoms with Gasteiger partial charge in [-0.2, -0.15) is 0 Å². The van der Waals surface area contributed by atoms with Crippen molar-refractivity contribution in [3.05, 3.63) is 17.5 Å². The van der Waals surface area contributed by atoms with Gasteiger partial charge in [-0.15, -0.1) is 0 Å². The molecule has 0 unspecified atom stereocenters. The number of carbonyl (C=O) groups excluding carboxylic acids is 2. The van der Waals surface area contributed by atoms with Gasteiger partial charge in [0.2, 0.25) is 11.5 Å². The maximum Gasteiger partial charge on any atom is 0.360 e. The third-order valence-corrected chi connectivity index (χ3v) is 1.36. The molecule has 13 heavy (non-hydrogen) atoms. The number of methoxy groups -OCH3 is 1. The minimum Gasteiger partial charge on any atom is -0.464 e. The molecule has 0 aromatic carbocycles. The van der Waals surface area contributed by atoms with Gasteiger partial charge in [0, 0.05) is 6.07 Å². The van der Waals surface area contributed by atoms with E-state index < -0.39 is 11.8 Å². The molecule has 1 aromatic heterocycles. The lowest BCUT2D eigenvalue weighted by molar-refractivity contribution is 0.0588. The number of hydrogen-bond acceptors (Lipinski definition) is 6. The van der Waals surface area contributed by atoms with Crippen molar-refractivity contribution in [3.63, 3.8) is 0 Å². The number of nitrogens with zero attached hydrogens (tertiary/aromatic N) is 1. The quantitative estimate of drug-likeness (QED) is 0.507. The number of ketones is 1. The molecule has 0 fully saturated rings.